The van der Waals surface area contributed by atoms with Crippen molar-refractivity contribution in [2.45, 2.75) is 36.5 Å². The topological polar surface area (TPSA) is 94.7 Å². The molecule has 1 aromatic carbocycles. The molecule has 0 bridgehead atoms. The number of aromatic nitrogens is 5. The van der Waals surface area contributed by atoms with Crippen LogP contribution in [0.1, 0.15) is 37.2 Å². The third-order valence-electron chi connectivity index (χ3n) is 6.67. The highest BCUT2D eigenvalue weighted by Crippen LogP contribution is 2.66. The second-order valence-electron chi connectivity index (χ2n) is 8.79. The first kappa shape index (κ1) is 18.6. The minimum Gasteiger partial charge on any atom is -0.277 e. The molecule has 1 spiro atoms. The van der Waals surface area contributed by atoms with Crippen molar-refractivity contribution < 1.29 is 8.42 Å². The number of nitrogens with zero attached hydrogens (tertiary/aromatic N) is 5. The molecule has 3 heterocycles. The highest BCUT2D eigenvalue weighted by atomic mass is 32.2. The first-order chi connectivity index (χ1) is 14.9. The maximum atomic E-state index is 13.0. The van der Waals surface area contributed by atoms with Gasteiger partial charge >= 0.3 is 0 Å². The predicted octanol–water partition coefficient (Wildman–Crippen LogP) is 3.61. The van der Waals surface area contributed by atoms with Crippen LogP contribution in [0, 0.1) is 5.41 Å². The lowest BCUT2D eigenvalue weighted by Gasteiger charge is -2.36. The van der Waals surface area contributed by atoms with Crippen molar-refractivity contribution in [2.75, 3.05) is 4.72 Å². The van der Waals surface area contributed by atoms with Gasteiger partial charge in [0.05, 0.1) is 29.8 Å². The van der Waals surface area contributed by atoms with Crippen molar-refractivity contribution in [1.29, 1.82) is 0 Å². The molecule has 0 radical (unpaired) electrons. The molecule has 0 aliphatic heterocycles. The van der Waals surface area contributed by atoms with Crippen molar-refractivity contribution in [2.24, 2.45) is 12.5 Å². The molecular weight excluding hydrogens is 412 g/mol. The summed E-state index contributed by atoms with van der Waals surface area (Å²) in [6.45, 7) is 0. The first-order valence-electron chi connectivity index (χ1n) is 10.4. The fraction of sp³-hybridized carbons (Fsp3) is 0.318. The molecule has 2 aliphatic rings. The summed E-state index contributed by atoms with van der Waals surface area (Å²) in [6.07, 6.45) is 11.6. The van der Waals surface area contributed by atoms with Crippen LogP contribution in [0.25, 0.3) is 16.7 Å². The lowest BCUT2D eigenvalue weighted by Crippen LogP contribution is -2.23. The number of hydrogen-bond donors (Lipinski definition) is 1. The maximum Gasteiger partial charge on any atom is 0.265 e. The Bertz CT molecular complexity index is 1410. The molecule has 31 heavy (non-hydrogen) atoms. The minimum atomic E-state index is -3.82. The van der Waals surface area contributed by atoms with Crippen LogP contribution in [-0.2, 0) is 17.1 Å². The molecule has 0 unspecified atom stereocenters. The molecule has 6 rings (SSSR count). The molecule has 2 fully saturated rings. The Kier molecular flexibility index (Phi) is 3.83. The third kappa shape index (κ3) is 3.11. The molecule has 2 aliphatic carbocycles. The Balaban J connectivity index is 1.27. The molecule has 0 atom stereocenters. The zero-order valence-electron chi connectivity index (χ0n) is 17.1. The molecule has 0 amide bonds. The van der Waals surface area contributed by atoms with Crippen molar-refractivity contribution in [3.63, 3.8) is 0 Å². The molecule has 158 valence electrons. The summed E-state index contributed by atoms with van der Waals surface area (Å²) in [5.74, 6) is 1.20. The van der Waals surface area contributed by atoms with Crippen LogP contribution in [0.3, 0.4) is 0 Å². The zero-order chi connectivity index (χ0) is 21.2. The number of anilines is 1. The van der Waals surface area contributed by atoms with Crippen LogP contribution >= 0.6 is 0 Å². The lowest BCUT2D eigenvalue weighted by atomic mass is 9.69. The van der Waals surface area contributed by atoms with Crippen LogP contribution in [0.15, 0.2) is 60.0 Å². The van der Waals surface area contributed by atoms with Crippen molar-refractivity contribution >= 4 is 26.6 Å². The average molecular weight is 435 g/mol. The van der Waals surface area contributed by atoms with Crippen LogP contribution < -0.4 is 4.72 Å². The monoisotopic (exact) mass is 434 g/mol. The van der Waals surface area contributed by atoms with E-state index >= 15 is 0 Å². The van der Waals surface area contributed by atoms with E-state index in [9.17, 15) is 8.42 Å². The van der Waals surface area contributed by atoms with Crippen LogP contribution in [0.4, 0.5) is 5.69 Å². The van der Waals surface area contributed by atoms with E-state index in [1.807, 2.05) is 12.1 Å². The molecule has 9 heteroatoms. The third-order valence-corrected chi connectivity index (χ3v) is 7.99. The number of pyridine rings is 1. The highest BCUT2D eigenvalue weighted by Gasteiger charge is 2.53. The summed E-state index contributed by atoms with van der Waals surface area (Å²) in [6, 6.07) is 9.49. The van der Waals surface area contributed by atoms with Crippen LogP contribution in [0.5, 0.6) is 0 Å². The molecule has 4 aromatic rings. The molecule has 0 saturated heterocycles. The molecule has 1 N–H and O–H groups in total. The van der Waals surface area contributed by atoms with Gasteiger partial charge in [0.2, 0.25) is 0 Å². The van der Waals surface area contributed by atoms with Crippen LogP contribution in [0.2, 0.25) is 0 Å². The first-order valence-corrected chi connectivity index (χ1v) is 11.9. The van der Waals surface area contributed by atoms with Crippen molar-refractivity contribution in [1.82, 2.24) is 24.5 Å². The van der Waals surface area contributed by atoms with Gasteiger partial charge in [0, 0.05) is 18.6 Å². The van der Waals surface area contributed by atoms with Gasteiger partial charge in [-0.1, -0.05) is 12.1 Å². The van der Waals surface area contributed by atoms with E-state index < -0.39 is 10.0 Å². The van der Waals surface area contributed by atoms with E-state index in [4.69, 9.17) is 0 Å². The standard InChI is InChI=1S/C22H22N6O2S/c1-27-21-16(12-24-27)3-2-4-19(21)26-31(29,30)18-13-25-28(14-18)20-9-15(5-8-23-20)17-10-22(11-17)6-7-22/h2-5,8-9,12-14,17,26H,6-7,10-11H2,1H3. The predicted molar refractivity (Wildman–Crippen MR) is 117 cm³/mol. The van der Waals surface area contributed by atoms with E-state index in [0.717, 1.165) is 10.9 Å². The van der Waals surface area contributed by atoms with Gasteiger partial charge in [-0.15, -0.1) is 0 Å². The maximum absolute atomic E-state index is 13.0. The van der Waals surface area contributed by atoms with Gasteiger partial charge in [-0.05, 0) is 60.8 Å². The Hall–Kier alpha value is -3.20. The summed E-state index contributed by atoms with van der Waals surface area (Å²) >= 11 is 0. The van der Waals surface area contributed by atoms with E-state index in [-0.39, 0.29) is 4.90 Å². The van der Waals surface area contributed by atoms with E-state index in [1.54, 1.807) is 36.3 Å². The number of sulfonamides is 1. The SMILES string of the molecule is Cn1ncc2cccc(NS(=O)(=O)c3cnn(-c4cc(C5CC6(CC6)C5)ccn4)c3)c21. The number of benzene rings is 1. The minimum absolute atomic E-state index is 0.0828. The Morgan fingerprint density at radius 1 is 1.13 bits per heavy atom. The van der Waals surface area contributed by atoms with E-state index in [2.05, 4.69) is 26.0 Å². The van der Waals surface area contributed by atoms with Gasteiger partial charge in [-0.2, -0.15) is 10.2 Å². The van der Waals surface area contributed by atoms with Gasteiger partial charge in [-0.3, -0.25) is 9.40 Å². The van der Waals surface area contributed by atoms with Gasteiger partial charge < -0.3 is 0 Å². The number of fused-ring (bicyclic) bond motifs is 1. The Labute approximate surface area is 180 Å². The number of para-hydroxylation sites is 1. The van der Waals surface area contributed by atoms with Gasteiger partial charge in [-0.25, -0.2) is 18.1 Å². The van der Waals surface area contributed by atoms with Crippen molar-refractivity contribution in [3.05, 3.63) is 60.7 Å². The van der Waals surface area contributed by atoms with E-state index in [1.165, 1.54) is 48.3 Å². The smallest absolute Gasteiger partial charge is 0.265 e. The second-order valence-corrected chi connectivity index (χ2v) is 10.5. The number of hydrogen-bond acceptors (Lipinski definition) is 5. The Morgan fingerprint density at radius 3 is 2.77 bits per heavy atom. The zero-order valence-corrected chi connectivity index (χ0v) is 17.9. The summed E-state index contributed by atoms with van der Waals surface area (Å²) in [7, 11) is -2.03. The van der Waals surface area contributed by atoms with Crippen LogP contribution in [-0.4, -0.2) is 33.0 Å². The van der Waals surface area contributed by atoms with Gasteiger partial charge in [0.1, 0.15) is 4.90 Å². The summed E-state index contributed by atoms with van der Waals surface area (Å²) in [5.41, 5.74) is 3.08. The molecule has 3 aromatic heterocycles. The molecule has 2 saturated carbocycles. The van der Waals surface area contributed by atoms with Crippen molar-refractivity contribution in [3.8, 4) is 5.82 Å². The quantitative estimate of drug-likeness (QED) is 0.518. The lowest BCUT2D eigenvalue weighted by molar-refractivity contribution is 0.237. The molecule has 8 nitrogen and oxygen atoms in total. The number of aryl methyl sites for hydroxylation is 1. The largest absolute Gasteiger partial charge is 0.277 e. The second kappa shape index (κ2) is 6.40. The average Bonchev–Trinajstić information content (AvgIpc) is 3.20. The highest BCUT2D eigenvalue weighted by molar-refractivity contribution is 7.92. The summed E-state index contributed by atoms with van der Waals surface area (Å²) in [5, 5.41) is 9.34. The molecular formula is C22H22N6O2S. The normalized spacial score (nSPS) is 17.7. The fourth-order valence-corrected chi connectivity index (χ4v) is 5.71. The fourth-order valence-electron chi connectivity index (χ4n) is 4.71. The summed E-state index contributed by atoms with van der Waals surface area (Å²) in [4.78, 5) is 4.48. The number of rotatable bonds is 5. The van der Waals surface area contributed by atoms with Gasteiger partial charge in [0.15, 0.2) is 5.82 Å². The van der Waals surface area contributed by atoms with Gasteiger partial charge in [0.25, 0.3) is 10.0 Å². The van der Waals surface area contributed by atoms with E-state index in [0.29, 0.717) is 22.8 Å². The number of nitrogens with one attached hydrogen (secondary N) is 1. The summed E-state index contributed by atoms with van der Waals surface area (Å²) < 4.78 is 31.9. The Morgan fingerprint density at radius 2 is 1.97 bits per heavy atom.